The van der Waals surface area contributed by atoms with E-state index in [9.17, 15) is 13.2 Å². The fraction of sp³-hybridized carbons (Fsp3) is 0.235. The minimum atomic E-state index is -3.36. The van der Waals surface area contributed by atoms with Gasteiger partial charge in [-0.2, -0.15) is 4.98 Å². The first-order valence-electron chi connectivity index (χ1n) is 8.14. The second kappa shape index (κ2) is 6.10. The van der Waals surface area contributed by atoms with Crippen molar-refractivity contribution in [3.8, 4) is 11.3 Å². The van der Waals surface area contributed by atoms with Crippen molar-refractivity contribution in [1.82, 2.24) is 14.6 Å². The van der Waals surface area contributed by atoms with E-state index in [4.69, 9.17) is 0 Å². The topological polar surface area (TPSA) is 105 Å². The van der Waals surface area contributed by atoms with Crippen LogP contribution in [-0.4, -0.2) is 35.2 Å². The summed E-state index contributed by atoms with van der Waals surface area (Å²) < 4.78 is 27.0. The summed E-state index contributed by atoms with van der Waals surface area (Å²) in [5.74, 6) is 0.279. The number of sulfonamides is 1. The van der Waals surface area contributed by atoms with E-state index in [2.05, 4.69) is 20.1 Å². The molecule has 8 nitrogen and oxygen atoms in total. The molecule has 4 rings (SSSR count). The Labute approximate surface area is 150 Å². The molecule has 0 spiro atoms. The van der Waals surface area contributed by atoms with Gasteiger partial charge in [-0.1, -0.05) is 18.2 Å². The molecule has 1 fully saturated rings. The van der Waals surface area contributed by atoms with Gasteiger partial charge in [0.2, 0.25) is 21.9 Å². The minimum Gasteiger partial charge on any atom is -0.293 e. The average molecular weight is 371 g/mol. The maximum Gasteiger partial charge on any atom is 0.249 e. The first kappa shape index (κ1) is 16.5. The molecule has 0 atom stereocenters. The lowest BCUT2D eigenvalue weighted by Crippen LogP contribution is -2.14. The molecule has 9 heteroatoms. The number of nitrogens with zero attached hydrogens (tertiary/aromatic N) is 3. The molecule has 26 heavy (non-hydrogen) atoms. The summed E-state index contributed by atoms with van der Waals surface area (Å²) in [6.45, 7) is 0. The number of nitrogens with one attached hydrogen (secondary N) is 2. The van der Waals surface area contributed by atoms with Crippen molar-refractivity contribution in [2.75, 3.05) is 16.3 Å². The number of hydrogen-bond acceptors (Lipinski definition) is 5. The lowest BCUT2D eigenvalue weighted by Gasteiger charge is -2.08. The highest BCUT2D eigenvalue weighted by Gasteiger charge is 2.30. The predicted octanol–water partition coefficient (Wildman–Crippen LogP) is 2.12. The number of aromatic nitrogens is 3. The number of carbonyl (C=O) groups excluding carboxylic acids is 1. The van der Waals surface area contributed by atoms with Gasteiger partial charge in [0.05, 0.1) is 11.9 Å². The number of fused-ring (bicyclic) bond motifs is 1. The molecule has 2 aromatic heterocycles. The third-order valence-electron chi connectivity index (χ3n) is 4.00. The largest absolute Gasteiger partial charge is 0.293 e. The van der Waals surface area contributed by atoms with Crippen LogP contribution >= 0.6 is 0 Å². The molecule has 0 unspecified atom stereocenters. The second-order valence-corrected chi connectivity index (χ2v) is 8.08. The van der Waals surface area contributed by atoms with Gasteiger partial charge < -0.3 is 0 Å². The highest BCUT2D eigenvalue weighted by molar-refractivity contribution is 7.92. The van der Waals surface area contributed by atoms with Crippen molar-refractivity contribution in [1.29, 1.82) is 0 Å². The van der Waals surface area contributed by atoms with Crippen LogP contribution in [0.3, 0.4) is 0 Å². The molecule has 1 aromatic carbocycles. The van der Waals surface area contributed by atoms with Crippen molar-refractivity contribution in [3.63, 3.8) is 0 Å². The molecule has 134 valence electrons. The van der Waals surface area contributed by atoms with Gasteiger partial charge in [-0.15, -0.1) is 5.10 Å². The van der Waals surface area contributed by atoms with Gasteiger partial charge in [0.25, 0.3) is 0 Å². The summed E-state index contributed by atoms with van der Waals surface area (Å²) in [5, 5.41) is 7.12. The van der Waals surface area contributed by atoms with Crippen molar-refractivity contribution < 1.29 is 13.2 Å². The van der Waals surface area contributed by atoms with Crippen molar-refractivity contribution in [3.05, 3.63) is 42.5 Å². The zero-order valence-electron chi connectivity index (χ0n) is 14.0. The smallest absolute Gasteiger partial charge is 0.249 e. The van der Waals surface area contributed by atoms with Gasteiger partial charge >= 0.3 is 0 Å². The fourth-order valence-electron chi connectivity index (χ4n) is 2.69. The highest BCUT2D eigenvalue weighted by atomic mass is 32.2. The number of anilines is 2. The molecule has 3 aromatic rings. The minimum absolute atomic E-state index is 0.0539. The van der Waals surface area contributed by atoms with E-state index in [0.717, 1.165) is 30.4 Å². The summed E-state index contributed by atoms with van der Waals surface area (Å²) in [6.07, 6.45) is 2.92. The predicted molar refractivity (Wildman–Crippen MR) is 98.2 cm³/mol. The molecule has 1 aliphatic rings. The molecule has 2 N–H and O–H groups in total. The number of amides is 1. The first-order valence-corrected chi connectivity index (χ1v) is 10.0. The van der Waals surface area contributed by atoms with Crippen molar-refractivity contribution >= 4 is 33.2 Å². The van der Waals surface area contributed by atoms with E-state index in [1.165, 1.54) is 0 Å². The number of carbonyl (C=O) groups is 1. The molecule has 1 amide bonds. The summed E-state index contributed by atoms with van der Waals surface area (Å²) in [6, 6.07) is 12.5. The molecule has 1 aliphatic carbocycles. The summed E-state index contributed by atoms with van der Waals surface area (Å²) in [5.41, 5.74) is 2.56. The van der Waals surface area contributed by atoms with Crippen LogP contribution in [0.2, 0.25) is 0 Å². The van der Waals surface area contributed by atoms with Gasteiger partial charge in [0.15, 0.2) is 5.65 Å². The number of hydrogen-bond donors (Lipinski definition) is 2. The number of pyridine rings is 1. The van der Waals surface area contributed by atoms with E-state index >= 15 is 0 Å². The fourth-order valence-corrected chi connectivity index (χ4v) is 3.25. The summed E-state index contributed by atoms with van der Waals surface area (Å²) in [4.78, 5) is 16.3. The maximum atomic E-state index is 11.9. The van der Waals surface area contributed by atoms with Crippen LogP contribution in [0.25, 0.3) is 16.9 Å². The van der Waals surface area contributed by atoms with E-state index < -0.39 is 10.0 Å². The highest BCUT2D eigenvalue weighted by Crippen LogP contribution is 2.30. The molecule has 2 heterocycles. The monoisotopic (exact) mass is 371 g/mol. The molecular formula is C17H17N5O3S. The van der Waals surface area contributed by atoms with Gasteiger partial charge in [-0.3, -0.25) is 14.8 Å². The third-order valence-corrected chi connectivity index (χ3v) is 4.61. The van der Waals surface area contributed by atoms with Crippen LogP contribution in [0.5, 0.6) is 0 Å². The Morgan fingerprint density at radius 1 is 1.19 bits per heavy atom. The normalized spacial score (nSPS) is 14.3. The first-order chi connectivity index (χ1) is 12.4. The molecular weight excluding hydrogens is 354 g/mol. The van der Waals surface area contributed by atoms with Crippen LogP contribution in [0, 0.1) is 5.92 Å². The summed E-state index contributed by atoms with van der Waals surface area (Å²) in [7, 11) is -3.36. The van der Waals surface area contributed by atoms with E-state index in [1.54, 1.807) is 28.8 Å². The lowest BCUT2D eigenvalue weighted by atomic mass is 10.1. The van der Waals surface area contributed by atoms with E-state index in [-0.39, 0.29) is 17.8 Å². The van der Waals surface area contributed by atoms with Crippen molar-refractivity contribution in [2.45, 2.75) is 12.8 Å². The Morgan fingerprint density at radius 3 is 2.69 bits per heavy atom. The van der Waals surface area contributed by atoms with Crippen LogP contribution in [-0.2, 0) is 14.8 Å². The van der Waals surface area contributed by atoms with Crippen LogP contribution < -0.4 is 10.0 Å². The Bertz CT molecular complexity index is 1100. The Balaban J connectivity index is 1.71. The molecule has 0 radical (unpaired) electrons. The lowest BCUT2D eigenvalue weighted by molar-refractivity contribution is -0.117. The van der Waals surface area contributed by atoms with Gasteiger partial charge in [-0.05, 0) is 37.1 Å². The second-order valence-electron chi connectivity index (χ2n) is 6.33. The molecule has 0 aliphatic heterocycles. The molecule has 1 saturated carbocycles. The third kappa shape index (κ3) is 3.52. The molecule has 0 saturated heterocycles. The van der Waals surface area contributed by atoms with Gasteiger partial charge in [0.1, 0.15) is 0 Å². The quantitative estimate of drug-likeness (QED) is 0.715. The Hall–Kier alpha value is -2.94. The Morgan fingerprint density at radius 2 is 1.96 bits per heavy atom. The average Bonchev–Trinajstić information content (AvgIpc) is 3.33. The summed E-state index contributed by atoms with van der Waals surface area (Å²) >= 11 is 0. The Kier molecular flexibility index (Phi) is 3.87. The number of rotatable bonds is 5. The van der Waals surface area contributed by atoms with E-state index in [1.807, 2.05) is 18.2 Å². The van der Waals surface area contributed by atoms with Crippen molar-refractivity contribution in [2.24, 2.45) is 5.92 Å². The zero-order valence-corrected chi connectivity index (χ0v) is 14.8. The SMILES string of the molecule is CS(=O)(=O)Nc1cccc(-c2cccc3nc(NC(=O)C4CC4)nn23)c1. The maximum absolute atomic E-state index is 11.9. The van der Waals surface area contributed by atoms with Crippen LogP contribution in [0.4, 0.5) is 11.6 Å². The van der Waals surface area contributed by atoms with Gasteiger partial charge in [0, 0.05) is 17.2 Å². The van der Waals surface area contributed by atoms with E-state index in [0.29, 0.717) is 11.3 Å². The van der Waals surface area contributed by atoms with Gasteiger partial charge in [-0.25, -0.2) is 12.9 Å². The number of benzene rings is 1. The van der Waals surface area contributed by atoms with Crippen LogP contribution in [0.15, 0.2) is 42.5 Å². The van der Waals surface area contributed by atoms with Crippen LogP contribution in [0.1, 0.15) is 12.8 Å². The zero-order chi connectivity index (χ0) is 18.3. The standard InChI is InChI=1S/C17H17N5O3S/c1-26(24,25)21-13-5-2-4-12(10-13)14-6-3-7-15-18-17(20-22(14)15)19-16(23)11-8-9-11/h2-7,10-11,21H,8-9H2,1H3,(H,19,20,23). The molecule has 0 bridgehead atoms.